The van der Waals surface area contributed by atoms with E-state index in [9.17, 15) is 27.6 Å². The molecule has 0 bridgehead atoms. The predicted octanol–water partition coefficient (Wildman–Crippen LogP) is 3.85. The third-order valence-electron chi connectivity index (χ3n) is 5.54. The zero-order chi connectivity index (χ0) is 22.1. The van der Waals surface area contributed by atoms with E-state index in [0.717, 1.165) is 12.8 Å². The maximum absolute atomic E-state index is 11.6. The van der Waals surface area contributed by atoms with Gasteiger partial charge in [-0.3, -0.25) is 14.4 Å². The zero-order valence-electron chi connectivity index (χ0n) is 17.1. The van der Waals surface area contributed by atoms with Crippen LogP contribution in [-0.2, 0) is 19.1 Å². The van der Waals surface area contributed by atoms with E-state index in [1.807, 2.05) is 20.8 Å². The van der Waals surface area contributed by atoms with Crippen LogP contribution in [0.2, 0.25) is 0 Å². The SMILES string of the molecule is CC(C)(C)OC(=O)N1CC2(CC(=O)C2)C1.O=C1CC2(CCC2)C1.O=CC(F)(F)F. The molecular weight excluding hydrogens is 391 g/mol. The van der Waals surface area contributed by atoms with Crippen molar-refractivity contribution in [1.82, 2.24) is 4.90 Å². The first kappa shape index (κ1) is 23.3. The van der Waals surface area contributed by atoms with E-state index < -0.39 is 18.1 Å². The number of likely N-dealkylation sites (tertiary alicyclic amines) is 1. The van der Waals surface area contributed by atoms with E-state index in [1.54, 1.807) is 4.90 Å². The molecule has 0 aromatic rings. The van der Waals surface area contributed by atoms with Crippen LogP contribution in [0, 0.1) is 10.8 Å². The quantitative estimate of drug-likeness (QED) is 0.557. The Balaban J connectivity index is 0.000000179. The van der Waals surface area contributed by atoms with E-state index in [1.165, 1.54) is 19.3 Å². The molecule has 29 heavy (non-hydrogen) atoms. The van der Waals surface area contributed by atoms with Gasteiger partial charge in [-0.25, -0.2) is 4.79 Å². The Morgan fingerprint density at radius 1 is 0.966 bits per heavy atom. The van der Waals surface area contributed by atoms with Crippen LogP contribution in [0.25, 0.3) is 0 Å². The van der Waals surface area contributed by atoms with Crippen LogP contribution in [0.1, 0.15) is 65.7 Å². The van der Waals surface area contributed by atoms with Gasteiger partial charge in [-0.15, -0.1) is 0 Å². The minimum atomic E-state index is -4.64. The van der Waals surface area contributed by atoms with E-state index >= 15 is 0 Å². The third-order valence-corrected chi connectivity index (χ3v) is 5.54. The van der Waals surface area contributed by atoms with Gasteiger partial charge in [0.15, 0.2) is 0 Å². The van der Waals surface area contributed by atoms with Gasteiger partial charge in [0.25, 0.3) is 0 Å². The van der Waals surface area contributed by atoms with E-state index in [4.69, 9.17) is 9.53 Å². The highest BCUT2D eigenvalue weighted by atomic mass is 19.4. The molecule has 3 saturated carbocycles. The average Bonchev–Trinajstić information content (AvgIpc) is 2.43. The summed E-state index contributed by atoms with van der Waals surface area (Å²) >= 11 is 0. The van der Waals surface area contributed by atoms with Crippen molar-refractivity contribution in [3.8, 4) is 0 Å². The van der Waals surface area contributed by atoms with E-state index in [-0.39, 0.29) is 11.5 Å². The average molecular weight is 419 g/mol. The number of alkyl halides is 3. The Labute approximate surface area is 168 Å². The second-order valence-electron chi connectivity index (χ2n) is 9.63. The molecule has 164 valence electrons. The molecule has 0 aromatic heterocycles. The second-order valence-corrected chi connectivity index (χ2v) is 9.63. The predicted molar refractivity (Wildman–Crippen MR) is 97.1 cm³/mol. The largest absolute Gasteiger partial charge is 0.446 e. The molecule has 1 amide bonds. The lowest BCUT2D eigenvalue weighted by Crippen LogP contribution is -2.64. The molecule has 4 aliphatic rings. The lowest BCUT2D eigenvalue weighted by Gasteiger charge is -2.54. The van der Waals surface area contributed by atoms with Crippen molar-refractivity contribution < 1.29 is 37.1 Å². The first-order valence-electron chi connectivity index (χ1n) is 9.71. The Hall–Kier alpha value is -1.93. The molecule has 0 aromatic carbocycles. The normalized spacial score (nSPS) is 23.2. The molecule has 9 heteroatoms. The van der Waals surface area contributed by atoms with Crippen molar-refractivity contribution in [2.24, 2.45) is 10.8 Å². The molecule has 0 N–H and O–H groups in total. The van der Waals surface area contributed by atoms with Gasteiger partial charge in [-0.1, -0.05) is 6.42 Å². The molecular formula is C20H28F3NO5. The number of ether oxygens (including phenoxy) is 1. The zero-order valence-corrected chi connectivity index (χ0v) is 17.1. The number of rotatable bonds is 0. The number of ketones is 2. The molecule has 1 heterocycles. The standard InChI is InChI=1S/C11H17NO3.C7H10O.C2HF3O/c1-10(2,3)15-9(14)12-6-11(7-12)4-8(13)5-11;8-6-4-7(5-6)2-1-3-7;3-2(4,5)1-6/h4-7H2,1-3H3;1-5H2;1H. The minimum absolute atomic E-state index is 0.119. The molecule has 1 aliphatic heterocycles. The third kappa shape index (κ3) is 6.54. The molecule has 4 rings (SSSR count). The summed E-state index contributed by atoms with van der Waals surface area (Å²) in [5.41, 5.74) is 0.250. The summed E-state index contributed by atoms with van der Waals surface area (Å²) < 4.78 is 36.5. The lowest BCUT2D eigenvalue weighted by atomic mass is 9.56. The van der Waals surface area contributed by atoms with Crippen LogP contribution in [-0.4, -0.2) is 53.7 Å². The summed E-state index contributed by atoms with van der Waals surface area (Å²) in [4.78, 5) is 43.3. The number of aldehydes is 1. The maximum Gasteiger partial charge on any atom is 0.446 e. The minimum Gasteiger partial charge on any atom is -0.444 e. The number of hydrogen-bond acceptors (Lipinski definition) is 5. The van der Waals surface area contributed by atoms with Gasteiger partial charge in [0.1, 0.15) is 17.2 Å². The Morgan fingerprint density at radius 2 is 1.38 bits per heavy atom. The van der Waals surface area contributed by atoms with Gasteiger partial charge in [0.2, 0.25) is 6.29 Å². The molecule has 0 atom stereocenters. The summed E-state index contributed by atoms with van der Waals surface area (Å²) in [7, 11) is 0. The van der Waals surface area contributed by atoms with E-state index in [0.29, 0.717) is 42.9 Å². The molecule has 6 nitrogen and oxygen atoms in total. The van der Waals surface area contributed by atoms with Crippen molar-refractivity contribution in [3.63, 3.8) is 0 Å². The van der Waals surface area contributed by atoms with Crippen LogP contribution in [0.15, 0.2) is 0 Å². The highest BCUT2D eigenvalue weighted by molar-refractivity contribution is 5.87. The molecule has 3 aliphatic carbocycles. The fraction of sp³-hybridized carbons (Fsp3) is 0.800. The second kappa shape index (κ2) is 8.07. The number of amides is 1. The van der Waals surface area contributed by atoms with Crippen molar-refractivity contribution in [2.75, 3.05) is 13.1 Å². The fourth-order valence-electron chi connectivity index (χ4n) is 4.04. The Kier molecular flexibility index (Phi) is 6.49. The fourth-order valence-corrected chi connectivity index (χ4v) is 4.04. The first-order chi connectivity index (χ1) is 13.2. The van der Waals surface area contributed by atoms with Crippen molar-refractivity contribution in [3.05, 3.63) is 0 Å². The number of nitrogens with zero attached hydrogens (tertiary/aromatic N) is 1. The first-order valence-corrected chi connectivity index (χ1v) is 9.71. The van der Waals surface area contributed by atoms with Crippen LogP contribution in [0.3, 0.4) is 0 Å². The maximum atomic E-state index is 11.6. The van der Waals surface area contributed by atoms with Gasteiger partial charge >= 0.3 is 12.3 Å². The van der Waals surface area contributed by atoms with Crippen LogP contribution >= 0.6 is 0 Å². The van der Waals surface area contributed by atoms with Gasteiger partial charge in [0, 0.05) is 44.2 Å². The lowest BCUT2D eigenvalue weighted by molar-refractivity contribution is -0.156. The number of carbonyl (C=O) groups is 4. The topological polar surface area (TPSA) is 80.8 Å². The van der Waals surface area contributed by atoms with Crippen LogP contribution in [0.5, 0.6) is 0 Å². The van der Waals surface area contributed by atoms with Crippen molar-refractivity contribution in [2.45, 2.75) is 77.5 Å². The molecule has 0 unspecified atom stereocenters. The smallest absolute Gasteiger partial charge is 0.444 e. The van der Waals surface area contributed by atoms with Crippen molar-refractivity contribution in [1.29, 1.82) is 0 Å². The summed E-state index contributed by atoms with van der Waals surface area (Å²) in [5.74, 6) is 0.809. The highest BCUT2D eigenvalue weighted by Crippen LogP contribution is 2.53. The summed E-state index contributed by atoms with van der Waals surface area (Å²) in [6.45, 7) is 6.94. The number of halogens is 3. The Bertz CT molecular complexity index is 651. The molecule has 1 saturated heterocycles. The van der Waals surface area contributed by atoms with E-state index in [2.05, 4.69) is 0 Å². The summed E-state index contributed by atoms with van der Waals surface area (Å²) in [6.07, 6.45) is 1.18. The van der Waals surface area contributed by atoms with Gasteiger partial charge in [-0.05, 0) is 39.0 Å². The molecule has 2 spiro atoms. The number of hydrogen-bond donors (Lipinski definition) is 0. The van der Waals surface area contributed by atoms with Gasteiger partial charge in [0.05, 0.1) is 0 Å². The summed E-state index contributed by atoms with van der Waals surface area (Å²) in [6, 6.07) is 0. The van der Waals surface area contributed by atoms with Crippen LogP contribution in [0.4, 0.5) is 18.0 Å². The number of carbonyl (C=O) groups excluding carboxylic acids is 4. The Morgan fingerprint density at radius 3 is 1.62 bits per heavy atom. The molecule has 4 fully saturated rings. The van der Waals surface area contributed by atoms with Gasteiger partial charge in [-0.2, -0.15) is 13.2 Å². The van der Waals surface area contributed by atoms with Crippen LogP contribution < -0.4 is 0 Å². The molecule has 0 radical (unpaired) electrons. The van der Waals surface area contributed by atoms with Crippen molar-refractivity contribution >= 4 is 23.9 Å². The summed E-state index contributed by atoms with van der Waals surface area (Å²) in [5, 5.41) is 0. The highest BCUT2D eigenvalue weighted by Gasteiger charge is 2.54. The van der Waals surface area contributed by atoms with Gasteiger partial charge < -0.3 is 9.64 Å². The number of Topliss-reactive ketones (excluding diaryl/α,β-unsaturated/α-hetero) is 2. The monoisotopic (exact) mass is 419 g/mol.